The molecule has 174 valence electrons. The highest BCUT2D eigenvalue weighted by atomic mass is 28.4. The van der Waals surface area contributed by atoms with Crippen molar-refractivity contribution >= 4 is 20.1 Å². The lowest BCUT2D eigenvalue weighted by Gasteiger charge is -2.39. The van der Waals surface area contributed by atoms with Crippen LogP contribution in [0.5, 0.6) is 5.75 Å². The standard InChI is InChI=1S/C21H33FN2O6Si/c1-20(2,3)29-19(25)23-12-17(18(13-23)30-31(7,8)21(4,5)6)28-16-11-14(22)9-10-15(16)24(26)27/h9-11,17-18H,12-13H2,1-8H3/t17-,18-/m0/s1. The minimum absolute atomic E-state index is 0.0955. The molecule has 0 saturated carbocycles. The molecule has 0 radical (unpaired) electrons. The van der Waals surface area contributed by atoms with Crippen LogP contribution in [0.1, 0.15) is 41.5 Å². The van der Waals surface area contributed by atoms with E-state index in [1.807, 2.05) is 0 Å². The van der Waals surface area contributed by atoms with Crippen LogP contribution in [0.15, 0.2) is 18.2 Å². The molecule has 2 rings (SSSR count). The zero-order chi connectivity index (χ0) is 23.8. The first-order valence-electron chi connectivity index (χ1n) is 10.3. The van der Waals surface area contributed by atoms with Crippen LogP contribution in [0, 0.1) is 15.9 Å². The van der Waals surface area contributed by atoms with Gasteiger partial charge < -0.3 is 18.8 Å². The van der Waals surface area contributed by atoms with E-state index in [1.165, 1.54) is 4.90 Å². The Hall–Kier alpha value is -2.20. The first-order valence-corrected chi connectivity index (χ1v) is 13.2. The second-order valence-electron chi connectivity index (χ2n) is 10.3. The molecule has 1 aromatic carbocycles. The smallest absolute Gasteiger partial charge is 0.410 e. The number of carbonyl (C=O) groups excluding carboxylic acids is 1. The highest BCUT2D eigenvalue weighted by Gasteiger charge is 2.46. The molecule has 1 heterocycles. The molecule has 10 heteroatoms. The van der Waals surface area contributed by atoms with Gasteiger partial charge in [-0.25, -0.2) is 9.18 Å². The van der Waals surface area contributed by atoms with Crippen molar-refractivity contribution in [2.45, 2.75) is 77.5 Å². The Labute approximate surface area is 183 Å². The zero-order valence-corrected chi connectivity index (χ0v) is 20.5. The van der Waals surface area contributed by atoms with E-state index in [9.17, 15) is 19.3 Å². The van der Waals surface area contributed by atoms with E-state index in [4.69, 9.17) is 13.9 Å². The molecule has 1 saturated heterocycles. The van der Waals surface area contributed by atoms with Crippen molar-refractivity contribution in [1.29, 1.82) is 0 Å². The van der Waals surface area contributed by atoms with Gasteiger partial charge in [-0.2, -0.15) is 0 Å². The minimum Gasteiger partial charge on any atom is -0.479 e. The molecule has 31 heavy (non-hydrogen) atoms. The van der Waals surface area contributed by atoms with Crippen LogP contribution in [-0.4, -0.2) is 55.1 Å². The van der Waals surface area contributed by atoms with Crippen LogP contribution in [-0.2, 0) is 9.16 Å². The van der Waals surface area contributed by atoms with Crippen LogP contribution < -0.4 is 4.74 Å². The maximum atomic E-state index is 13.8. The normalized spacial score (nSPS) is 20.0. The summed E-state index contributed by atoms with van der Waals surface area (Å²) in [6.45, 7) is 16.1. The van der Waals surface area contributed by atoms with Crippen LogP contribution in [0.4, 0.5) is 14.9 Å². The summed E-state index contributed by atoms with van der Waals surface area (Å²) in [5, 5.41) is 11.3. The van der Waals surface area contributed by atoms with Gasteiger partial charge in [-0.1, -0.05) is 20.8 Å². The van der Waals surface area contributed by atoms with Gasteiger partial charge in [0.05, 0.1) is 18.0 Å². The monoisotopic (exact) mass is 456 g/mol. The Balaban J connectivity index is 2.33. The Morgan fingerprint density at radius 3 is 2.26 bits per heavy atom. The fraction of sp³-hybridized carbons (Fsp3) is 0.667. The van der Waals surface area contributed by atoms with Gasteiger partial charge >= 0.3 is 11.8 Å². The Bertz CT molecular complexity index is 834. The maximum Gasteiger partial charge on any atom is 0.410 e. The lowest BCUT2D eigenvalue weighted by Crippen LogP contribution is -2.48. The lowest BCUT2D eigenvalue weighted by atomic mass is 10.2. The summed E-state index contributed by atoms with van der Waals surface area (Å²) in [6, 6.07) is 3.06. The van der Waals surface area contributed by atoms with Gasteiger partial charge in [0.1, 0.15) is 23.6 Å². The van der Waals surface area contributed by atoms with E-state index < -0.39 is 43.0 Å². The number of halogens is 1. The van der Waals surface area contributed by atoms with Gasteiger partial charge in [-0.05, 0) is 45.0 Å². The number of benzene rings is 1. The largest absolute Gasteiger partial charge is 0.479 e. The van der Waals surface area contributed by atoms with Crippen molar-refractivity contribution in [3.8, 4) is 5.75 Å². The van der Waals surface area contributed by atoms with E-state index in [0.717, 1.165) is 18.2 Å². The molecule has 1 fully saturated rings. The summed E-state index contributed by atoms with van der Waals surface area (Å²) in [4.78, 5) is 24.8. The molecule has 2 atom stereocenters. The topological polar surface area (TPSA) is 91.1 Å². The number of likely N-dealkylation sites (tertiary alicyclic amines) is 1. The molecular formula is C21H33FN2O6Si. The van der Waals surface area contributed by atoms with E-state index >= 15 is 0 Å². The Morgan fingerprint density at radius 2 is 1.74 bits per heavy atom. The number of hydrogen-bond acceptors (Lipinski definition) is 6. The summed E-state index contributed by atoms with van der Waals surface area (Å²) in [5.74, 6) is -0.839. The number of amides is 1. The van der Waals surface area contributed by atoms with Gasteiger partial charge in [0.25, 0.3) is 0 Å². The third-order valence-electron chi connectivity index (χ3n) is 5.52. The molecule has 0 spiro atoms. The number of nitro benzene ring substituents is 1. The third kappa shape index (κ3) is 6.39. The number of ether oxygens (including phenoxy) is 2. The molecule has 0 unspecified atom stereocenters. The number of carbonyl (C=O) groups is 1. The molecule has 1 aliphatic heterocycles. The molecule has 0 aromatic heterocycles. The van der Waals surface area contributed by atoms with E-state index in [-0.39, 0.29) is 29.6 Å². The Kier molecular flexibility index (Phi) is 7.06. The summed E-state index contributed by atoms with van der Waals surface area (Å²) >= 11 is 0. The molecule has 0 N–H and O–H groups in total. The van der Waals surface area contributed by atoms with Crippen molar-refractivity contribution in [3.05, 3.63) is 34.1 Å². The molecule has 1 aliphatic rings. The van der Waals surface area contributed by atoms with Crippen molar-refractivity contribution in [2.75, 3.05) is 13.1 Å². The van der Waals surface area contributed by atoms with Crippen LogP contribution in [0.3, 0.4) is 0 Å². The molecule has 8 nitrogen and oxygen atoms in total. The van der Waals surface area contributed by atoms with Gasteiger partial charge in [0.2, 0.25) is 0 Å². The van der Waals surface area contributed by atoms with E-state index in [1.54, 1.807) is 20.8 Å². The highest BCUT2D eigenvalue weighted by molar-refractivity contribution is 6.74. The lowest BCUT2D eigenvalue weighted by molar-refractivity contribution is -0.386. The fourth-order valence-electron chi connectivity index (χ4n) is 2.90. The Morgan fingerprint density at radius 1 is 1.16 bits per heavy atom. The summed E-state index contributed by atoms with van der Waals surface area (Å²) in [6.07, 6.45) is -1.76. The molecular weight excluding hydrogens is 423 g/mol. The van der Waals surface area contributed by atoms with Gasteiger partial charge in [-0.3, -0.25) is 10.1 Å². The third-order valence-corrected chi connectivity index (χ3v) is 10.0. The average molecular weight is 457 g/mol. The molecule has 1 aromatic rings. The summed E-state index contributed by atoms with van der Waals surface area (Å²) in [7, 11) is -2.25. The number of hydrogen-bond donors (Lipinski definition) is 0. The first kappa shape index (κ1) is 25.1. The number of nitro groups is 1. The first-order chi connectivity index (χ1) is 14.0. The second kappa shape index (κ2) is 8.74. The van der Waals surface area contributed by atoms with Crippen molar-refractivity contribution in [1.82, 2.24) is 4.90 Å². The van der Waals surface area contributed by atoms with Crippen LogP contribution in [0.25, 0.3) is 0 Å². The number of nitrogens with zero attached hydrogens (tertiary/aromatic N) is 2. The zero-order valence-electron chi connectivity index (χ0n) is 19.5. The predicted octanol–water partition coefficient (Wildman–Crippen LogP) is 5.12. The van der Waals surface area contributed by atoms with E-state index in [2.05, 4.69) is 33.9 Å². The van der Waals surface area contributed by atoms with Crippen molar-refractivity contribution in [3.63, 3.8) is 0 Å². The number of rotatable bonds is 5. The van der Waals surface area contributed by atoms with Gasteiger partial charge in [0, 0.05) is 12.1 Å². The molecule has 0 bridgehead atoms. The molecule has 0 aliphatic carbocycles. The quantitative estimate of drug-likeness (QED) is 0.347. The van der Waals surface area contributed by atoms with Crippen molar-refractivity contribution in [2.24, 2.45) is 0 Å². The average Bonchev–Trinajstić information content (AvgIpc) is 2.94. The molecule has 1 amide bonds. The van der Waals surface area contributed by atoms with Gasteiger partial charge in [0.15, 0.2) is 14.1 Å². The highest BCUT2D eigenvalue weighted by Crippen LogP contribution is 2.39. The fourth-order valence-corrected chi connectivity index (χ4v) is 4.23. The second-order valence-corrected chi connectivity index (χ2v) is 15.1. The minimum atomic E-state index is -2.25. The van der Waals surface area contributed by atoms with E-state index in [0.29, 0.717) is 0 Å². The van der Waals surface area contributed by atoms with Crippen molar-refractivity contribution < 1.29 is 28.0 Å². The summed E-state index contributed by atoms with van der Waals surface area (Å²) < 4.78 is 31.6. The van der Waals surface area contributed by atoms with Gasteiger partial charge in [-0.15, -0.1) is 0 Å². The SMILES string of the molecule is CC(C)(C)OC(=O)N1C[C@H](Oc2cc(F)ccc2[N+](=O)[O-])[C@@H](O[Si](C)(C)C(C)(C)C)C1. The summed E-state index contributed by atoms with van der Waals surface area (Å²) in [5.41, 5.74) is -1.02. The maximum absolute atomic E-state index is 13.8. The van der Waals surface area contributed by atoms with Crippen LogP contribution in [0.2, 0.25) is 18.1 Å². The van der Waals surface area contributed by atoms with Crippen LogP contribution >= 0.6 is 0 Å². The predicted molar refractivity (Wildman–Crippen MR) is 117 cm³/mol.